The molecule has 66 heavy (non-hydrogen) atoms. The van der Waals surface area contributed by atoms with Crippen molar-refractivity contribution in [3.8, 4) is 17.1 Å². The van der Waals surface area contributed by atoms with Crippen molar-refractivity contribution in [2.45, 2.75) is 12.8 Å². The van der Waals surface area contributed by atoms with E-state index in [0.717, 1.165) is 139 Å². The largest absolute Gasteiger partial charge is 0.456 e. The summed E-state index contributed by atoms with van der Waals surface area (Å²) in [5, 5.41) is 12.4. The van der Waals surface area contributed by atoms with Gasteiger partial charge in [-0.15, -0.1) is 0 Å². The van der Waals surface area contributed by atoms with Crippen LogP contribution < -0.4 is 0 Å². The van der Waals surface area contributed by atoms with Crippen LogP contribution in [0.2, 0.25) is 0 Å². The molecule has 16 rings (SSSR count). The van der Waals surface area contributed by atoms with E-state index in [-0.39, 0.29) is 0 Å². The first-order chi connectivity index (χ1) is 32.7. The highest BCUT2D eigenvalue weighted by atomic mass is 16.3. The van der Waals surface area contributed by atoms with E-state index < -0.39 is 0 Å². The van der Waals surface area contributed by atoms with Crippen LogP contribution in [0.15, 0.2) is 195 Å². The van der Waals surface area contributed by atoms with Crippen molar-refractivity contribution in [1.29, 1.82) is 0 Å². The number of benzene rings is 9. The molecule has 6 heteroatoms. The van der Waals surface area contributed by atoms with Crippen LogP contribution >= 0.6 is 0 Å². The van der Waals surface area contributed by atoms with Gasteiger partial charge in [-0.05, 0) is 128 Å². The van der Waals surface area contributed by atoms with Crippen molar-refractivity contribution in [2.75, 3.05) is 0 Å². The number of aromatic nitrogens is 3. The van der Waals surface area contributed by atoms with Crippen LogP contribution in [-0.4, -0.2) is 13.7 Å². The molecule has 0 bridgehead atoms. The lowest BCUT2D eigenvalue weighted by Gasteiger charge is -2.13. The Morgan fingerprint density at radius 1 is 0.333 bits per heavy atom. The number of rotatable bonds is 3. The number of fused-ring (bicyclic) bond motifs is 20. The molecule has 15 aromatic rings. The van der Waals surface area contributed by atoms with Gasteiger partial charge in [0, 0.05) is 71.2 Å². The standard InChI is InChI=1S/C60H35N3O3/c1-6-16-47-37(11-1)38-12-2-7-17-48(38)61(47)34-21-26-50-46(33-34)58-52(63(50)36-23-30-56-45(32-36)40-14-5-10-20-54(40)65-56)28-25-42-41-24-27-51-57(59(41)66-60(42)58)43-15-3-8-18-49(43)62(51)35-22-29-55-44(31-35)39-13-4-9-19-53(39)64-55/h1,3-11,13-33H,2,12H2. The Hall–Kier alpha value is -8.74. The van der Waals surface area contributed by atoms with E-state index in [1.54, 1.807) is 0 Å². The molecule has 6 heterocycles. The molecule has 0 fully saturated rings. The number of aryl methyl sites for hydroxylation is 1. The number of hydrogen-bond acceptors (Lipinski definition) is 3. The zero-order chi connectivity index (χ0) is 42.8. The van der Waals surface area contributed by atoms with E-state index in [2.05, 4.69) is 178 Å². The van der Waals surface area contributed by atoms with Crippen molar-refractivity contribution >= 4 is 126 Å². The summed E-state index contributed by atoms with van der Waals surface area (Å²) < 4.78 is 27.2. The van der Waals surface area contributed by atoms with Gasteiger partial charge in [0.05, 0.1) is 38.4 Å². The maximum absolute atomic E-state index is 7.44. The summed E-state index contributed by atoms with van der Waals surface area (Å²) in [5.74, 6) is 0. The van der Waals surface area contributed by atoms with Crippen LogP contribution in [0.3, 0.4) is 0 Å². The summed E-state index contributed by atoms with van der Waals surface area (Å²) >= 11 is 0. The van der Waals surface area contributed by atoms with E-state index in [1.807, 2.05) is 24.3 Å². The molecular formula is C60H35N3O3. The highest BCUT2D eigenvalue weighted by molar-refractivity contribution is 6.29. The Morgan fingerprint density at radius 2 is 0.803 bits per heavy atom. The second-order valence-corrected chi connectivity index (χ2v) is 17.9. The first-order valence-electron chi connectivity index (χ1n) is 22.7. The van der Waals surface area contributed by atoms with E-state index >= 15 is 0 Å². The van der Waals surface area contributed by atoms with Crippen LogP contribution in [0.4, 0.5) is 0 Å². The SMILES string of the molecule is C1=Cc2c(c3ccccc3n2-c2ccc3c(c2)c2c4oc5c(ccc6c5c5ccccc5n6-c5ccc6oc7ccccc7c6c5)c4ccc2n3-c2ccc3oc4ccccc4c3c2)CC1. The number of hydrogen-bond donors (Lipinski definition) is 0. The van der Waals surface area contributed by atoms with Crippen LogP contribution in [0.25, 0.3) is 143 Å². The summed E-state index contributed by atoms with van der Waals surface area (Å²) in [6, 6.07) is 63.3. The summed E-state index contributed by atoms with van der Waals surface area (Å²) in [5.41, 5.74) is 16.9. The fourth-order valence-corrected chi connectivity index (χ4v) is 11.7. The van der Waals surface area contributed by atoms with Gasteiger partial charge in [-0.3, -0.25) is 0 Å². The Bertz CT molecular complexity index is 4650. The maximum atomic E-state index is 7.44. The number of para-hydroxylation sites is 4. The molecule has 9 aromatic carbocycles. The second kappa shape index (κ2) is 12.5. The average Bonchev–Trinajstić information content (AvgIpc) is 4.21. The van der Waals surface area contributed by atoms with Gasteiger partial charge in [0.15, 0.2) is 0 Å². The molecule has 0 N–H and O–H groups in total. The molecule has 0 atom stereocenters. The number of allylic oxidation sites excluding steroid dienone is 1. The molecule has 6 aromatic heterocycles. The van der Waals surface area contributed by atoms with E-state index in [1.165, 1.54) is 22.2 Å². The summed E-state index contributed by atoms with van der Waals surface area (Å²) in [7, 11) is 0. The Labute approximate surface area is 375 Å². The molecule has 0 saturated carbocycles. The van der Waals surface area contributed by atoms with E-state index in [9.17, 15) is 0 Å². The van der Waals surface area contributed by atoms with Crippen molar-refractivity contribution < 1.29 is 13.3 Å². The quantitative estimate of drug-likeness (QED) is 0.178. The Morgan fingerprint density at radius 3 is 1.45 bits per heavy atom. The zero-order valence-electron chi connectivity index (χ0n) is 35.4. The van der Waals surface area contributed by atoms with Gasteiger partial charge < -0.3 is 27.0 Å². The van der Waals surface area contributed by atoms with Crippen LogP contribution in [0.5, 0.6) is 0 Å². The molecule has 0 saturated heterocycles. The first kappa shape index (κ1) is 34.7. The highest BCUT2D eigenvalue weighted by Crippen LogP contribution is 2.46. The second-order valence-electron chi connectivity index (χ2n) is 17.9. The molecule has 6 nitrogen and oxygen atoms in total. The van der Waals surface area contributed by atoms with Crippen molar-refractivity contribution in [1.82, 2.24) is 13.7 Å². The van der Waals surface area contributed by atoms with Gasteiger partial charge in [0.2, 0.25) is 0 Å². The van der Waals surface area contributed by atoms with Crippen molar-refractivity contribution in [2.24, 2.45) is 0 Å². The van der Waals surface area contributed by atoms with E-state index in [4.69, 9.17) is 13.3 Å². The number of furan rings is 3. The van der Waals surface area contributed by atoms with Crippen LogP contribution in [0.1, 0.15) is 17.7 Å². The highest BCUT2D eigenvalue weighted by Gasteiger charge is 2.25. The lowest BCUT2D eigenvalue weighted by Crippen LogP contribution is -2.00. The van der Waals surface area contributed by atoms with Gasteiger partial charge >= 0.3 is 0 Å². The molecule has 1 aliphatic carbocycles. The van der Waals surface area contributed by atoms with Gasteiger partial charge in [-0.2, -0.15) is 0 Å². The lowest BCUT2D eigenvalue weighted by molar-refractivity contribution is 0.668. The first-order valence-corrected chi connectivity index (χ1v) is 22.7. The van der Waals surface area contributed by atoms with E-state index in [0.29, 0.717) is 0 Å². The normalized spacial score (nSPS) is 13.3. The minimum Gasteiger partial charge on any atom is -0.456 e. The average molecular weight is 846 g/mol. The lowest BCUT2D eigenvalue weighted by atomic mass is 10.0. The monoisotopic (exact) mass is 845 g/mol. The fraction of sp³-hybridized carbons (Fsp3) is 0.0333. The summed E-state index contributed by atoms with van der Waals surface area (Å²) in [6.45, 7) is 0. The third-order valence-electron chi connectivity index (χ3n) is 14.5. The van der Waals surface area contributed by atoms with Crippen LogP contribution in [0, 0.1) is 0 Å². The predicted molar refractivity (Wildman–Crippen MR) is 271 cm³/mol. The molecule has 0 unspecified atom stereocenters. The molecule has 0 aliphatic heterocycles. The number of nitrogens with zero attached hydrogens (tertiary/aromatic N) is 3. The molecule has 0 spiro atoms. The van der Waals surface area contributed by atoms with Crippen LogP contribution in [-0.2, 0) is 6.42 Å². The maximum Gasteiger partial charge on any atom is 0.145 e. The Kier molecular flexibility index (Phi) is 6.57. The predicted octanol–water partition coefficient (Wildman–Crippen LogP) is 16.5. The molecule has 308 valence electrons. The van der Waals surface area contributed by atoms with Gasteiger partial charge in [-0.1, -0.05) is 78.9 Å². The fourth-order valence-electron chi connectivity index (χ4n) is 11.7. The van der Waals surface area contributed by atoms with Gasteiger partial charge in [0.1, 0.15) is 33.5 Å². The summed E-state index contributed by atoms with van der Waals surface area (Å²) in [4.78, 5) is 0. The van der Waals surface area contributed by atoms with Crippen molar-refractivity contribution in [3.63, 3.8) is 0 Å². The zero-order valence-corrected chi connectivity index (χ0v) is 35.4. The minimum atomic E-state index is 0.876. The summed E-state index contributed by atoms with van der Waals surface area (Å²) in [6.07, 6.45) is 6.71. The molecular weight excluding hydrogens is 811 g/mol. The third kappa shape index (κ3) is 4.45. The smallest absolute Gasteiger partial charge is 0.145 e. The molecule has 1 aliphatic rings. The van der Waals surface area contributed by atoms with Crippen molar-refractivity contribution in [3.05, 3.63) is 193 Å². The minimum absolute atomic E-state index is 0.876. The Balaban J connectivity index is 1.00. The third-order valence-corrected chi connectivity index (χ3v) is 14.5. The molecule has 0 radical (unpaired) electrons. The topological polar surface area (TPSA) is 54.2 Å². The van der Waals surface area contributed by atoms with Gasteiger partial charge in [-0.25, -0.2) is 0 Å². The van der Waals surface area contributed by atoms with Gasteiger partial charge in [0.25, 0.3) is 0 Å². The molecule has 0 amide bonds.